The molecule has 0 saturated carbocycles. The molecule has 0 amide bonds. The van der Waals surface area contributed by atoms with Crippen LogP contribution in [0.3, 0.4) is 0 Å². The summed E-state index contributed by atoms with van der Waals surface area (Å²) in [7, 11) is 0. The topological polar surface area (TPSA) is 178 Å². The van der Waals surface area contributed by atoms with E-state index in [1.807, 2.05) is 0 Å². The van der Waals surface area contributed by atoms with E-state index in [2.05, 4.69) is 0 Å². The van der Waals surface area contributed by atoms with Gasteiger partial charge in [0.2, 0.25) is 0 Å². The number of rotatable bonds is 2. The van der Waals surface area contributed by atoms with Crippen molar-refractivity contribution >= 4 is 11.6 Å². The van der Waals surface area contributed by atoms with Gasteiger partial charge < -0.3 is 26.6 Å². The van der Waals surface area contributed by atoms with Crippen LogP contribution in [-0.4, -0.2) is 41.7 Å². The van der Waals surface area contributed by atoms with E-state index in [1.165, 1.54) is 0 Å². The fraction of sp³-hybridized carbons (Fsp3) is 0.400. The van der Waals surface area contributed by atoms with Crippen molar-refractivity contribution < 1.29 is 106 Å². The molecule has 0 spiro atoms. The van der Waals surface area contributed by atoms with Gasteiger partial charge >= 0.3 is 41.8 Å². The number of allylic oxidation sites excluding steroid dienone is 4. The first-order valence-corrected chi connectivity index (χ1v) is 5.24. The minimum atomic E-state index is -5.46. The second-order valence-corrected chi connectivity index (χ2v) is 3.74. The normalized spacial score (nSPS) is 12.5. The molecule has 0 aromatic rings. The van der Waals surface area contributed by atoms with E-state index in [4.69, 9.17) is 0 Å². The van der Waals surface area contributed by atoms with Crippen molar-refractivity contribution in [3.63, 3.8) is 0 Å². The second-order valence-electron chi connectivity index (χ2n) is 3.74. The molecule has 181 valence electrons. The molecule has 1 radical (unpaired) electrons. The minimum Gasteiger partial charge on any atom is -0.869 e. The fourth-order valence-corrected chi connectivity index (χ4v) is 0.565. The standard InChI is InChI=1S/2C5H2F6O2.Mn.3H2O/c2*6-4(7,8)2(12)1-3(13)5(9,10)11;;;;/h2*1,12H;;3*1H2/q;;+2;;;/b2*2-1-;;;;. The van der Waals surface area contributed by atoms with Crippen LogP contribution in [0.25, 0.3) is 0 Å². The van der Waals surface area contributed by atoms with E-state index < -0.39 is 59.9 Å². The van der Waals surface area contributed by atoms with Crippen LogP contribution in [0.2, 0.25) is 0 Å². The average Bonchev–Trinajstić information content (AvgIpc) is 2.34. The predicted molar refractivity (Wildman–Crippen MR) is 63.8 cm³/mol. The molecule has 0 rings (SSSR count). The summed E-state index contributed by atoms with van der Waals surface area (Å²) < 4.78 is 136. The fourth-order valence-electron chi connectivity index (χ4n) is 0.565. The summed E-state index contributed by atoms with van der Waals surface area (Å²) in [5.74, 6) is -11.3. The zero-order valence-corrected chi connectivity index (χ0v) is 14.5. The number of hydrogen-bond donors (Lipinski definition) is 0. The maximum atomic E-state index is 11.3. The Bertz CT molecular complexity index is 534. The van der Waals surface area contributed by atoms with Gasteiger partial charge in [0.15, 0.2) is 0 Å². The molecule has 0 aromatic heterocycles. The molecular weight excluding hydrogens is 515 g/mol. The molecule has 0 aliphatic carbocycles. The third-order valence-corrected chi connectivity index (χ3v) is 1.64. The first kappa shape index (κ1) is 42.2. The summed E-state index contributed by atoms with van der Waals surface area (Å²) in [6, 6.07) is 0. The summed E-state index contributed by atoms with van der Waals surface area (Å²) >= 11 is 0. The van der Waals surface area contributed by atoms with E-state index in [1.54, 1.807) is 0 Å². The summed E-state index contributed by atoms with van der Waals surface area (Å²) in [5.41, 5.74) is 0. The number of carbonyl (C=O) groups is 2. The molecule has 0 saturated heterocycles. The summed E-state index contributed by atoms with van der Waals surface area (Å²) in [6.07, 6.45) is -23.9. The molecule has 0 atom stereocenters. The van der Waals surface area contributed by atoms with Crippen LogP contribution in [0, 0.1) is 0 Å². The Hall–Kier alpha value is -2.02. The summed E-state index contributed by atoms with van der Waals surface area (Å²) in [5, 5.41) is 19.6. The number of hydrogen-bond acceptors (Lipinski definition) is 4. The zero-order valence-electron chi connectivity index (χ0n) is 13.4. The number of alkyl halides is 12. The van der Waals surface area contributed by atoms with Gasteiger partial charge in [-0.25, -0.2) is 0 Å². The van der Waals surface area contributed by atoms with Gasteiger partial charge in [0.05, 0.1) is 0 Å². The first-order valence-electron chi connectivity index (χ1n) is 5.24. The maximum Gasteiger partial charge on any atom is 2.00 e. The molecule has 0 unspecified atom stereocenters. The Morgan fingerprint density at radius 3 is 0.800 bits per heavy atom. The Labute approximate surface area is 167 Å². The molecule has 30 heavy (non-hydrogen) atoms. The SMILES string of the molecule is O.O=C(/C=C(\[O-])C(F)(F)F)C(F)(F)F.O=C(/C=C(\[O-])C(F)(F)F)C(F)(F)F.[Mn+2].[OH3+].[OH3+]. The van der Waals surface area contributed by atoms with E-state index in [-0.39, 0.29) is 33.5 Å². The van der Waals surface area contributed by atoms with Crippen molar-refractivity contribution in [1.29, 1.82) is 0 Å². The largest absolute Gasteiger partial charge is 2.00 e. The van der Waals surface area contributed by atoms with Crippen LogP contribution >= 0.6 is 0 Å². The quantitative estimate of drug-likeness (QED) is 0.151. The number of ketones is 2. The maximum absolute atomic E-state index is 11.3. The Balaban J connectivity index is -0.0000000847. The molecule has 0 fully saturated rings. The van der Waals surface area contributed by atoms with Crippen LogP contribution in [0.1, 0.15) is 0 Å². The van der Waals surface area contributed by atoms with Gasteiger partial charge in [0.1, 0.15) is 0 Å². The molecule has 0 aromatic carbocycles. The Morgan fingerprint density at radius 1 is 0.533 bits per heavy atom. The molecule has 8 N–H and O–H groups in total. The molecule has 20 heteroatoms. The molecule has 0 aliphatic rings. The van der Waals surface area contributed by atoms with Gasteiger partial charge in [0.25, 0.3) is 11.6 Å². The Morgan fingerprint density at radius 2 is 0.700 bits per heavy atom. The summed E-state index contributed by atoms with van der Waals surface area (Å²) in [6.45, 7) is 0. The number of halogens is 12. The molecular formula is C10H10F12MnO7+2. The van der Waals surface area contributed by atoms with Crippen molar-refractivity contribution in [1.82, 2.24) is 0 Å². The minimum absolute atomic E-state index is 0. The molecule has 0 heterocycles. The zero-order chi connectivity index (χ0) is 21.7. The second kappa shape index (κ2) is 14.1. The predicted octanol–water partition coefficient (Wildman–Crippen LogP) is -0.822. The van der Waals surface area contributed by atoms with E-state index in [0.717, 1.165) is 0 Å². The van der Waals surface area contributed by atoms with Crippen LogP contribution in [0.15, 0.2) is 23.7 Å². The van der Waals surface area contributed by atoms with Crippen LogP contribution < -0.4 is 10.2 Å². The third kappa shape index (κ3) is 18.0. The van der Waals surface area contributed by atoms with E-state index >= 15 is 0 Å². The van der Waals surface area contributed by atoms with Crippen LogP contribution in [0.4, 0.5) is 52.7 Å². The molecule has 0 aliphatic heterocycles. The van der Waals surface area contributed by atoms with Gasteiger partial charge in [-0.3, -0.25) is 9.59 Å². The molecule has 0 bridgehead atoms. The third-order valence-electron chi connectivity index (χ3n) is 1.64. The van der Waals surface area contributed by atoms with Gasteiger partial charge in [-0.2, -0.15) is 52.7 Å². The summed E-state index contributed by atoms with van der Waals surface area (Å²) in [4.78, 5) is 19.6. The molecule has 7 nitrogen and oxygen atoms in total. The van der Waals surface area contributed by atoms with E-state index in [0.29, 0.717) is 0 Å². The smallest absolute Gasteiger partial charge is 0.869 e. The average molecular weight is 525 g/mol. The van der Waals surface area contributed by atoms with Crippen LogP contribution in [0.5, 0.6) is 0 Å². The van der Waals surface area contributed by atoms with Crippen molar-refractivity contribution in [3.8, 4) is 0 Å². The van der Waals surface area contributed by atoms with Gasteiger partial charge in [-0.15, -0.1) is 0 Å². The van der Waals surface area contributed by atoms with E-state index in [9.17, 15) is 72.5 Å². The van der Waals surface area contributed by atoms with Gasteiger partial charge in [-0.1, -0.05) is 0 Å². The number of carbonyl (C=O) groups excluding carboxylic acids is 2. The van der Waals surface area contributed by atoms with Crippen molar-refractivity contribution in [2.75, 3.05) is 0 Å². The van der Waals surface area contributed by atoms with Gasteiger partial charge in [0, 0.05) is 0 Å². The monoisotopic (exact) mass is 525 g/mol. The van der Waals surface area contributed by atoms with Gasteiger partial charge in [-0.05, 0) is 23.7 Å². The van der Waals surface area contributed by atoms with Crippen molar-refractivity contribution in [2.45, 2.75) is 24.7 Å². The first-order chi connectivity index (χ1) is 11.1. The Kier molecular flexibility index (Phi) is 19.8. The van der Waals surface area contributed by atoms with Crippen LogP contribution in [-0.2, 0) is 37.6 Å². The van der Waals surface area contributed by atoms with Crippen molar-refractivity contribution in [2.24, 2.45) is 0 Å². The van der Waals surface area contributed by atoms with Crippen molar-refractivity contribution in [3.05, 3.63) is 23.7 Å².